The van der Waals surface area contributed by atoms with Gasteiger partial charge >= 0.3 is 0 Å². The molecule has 31 heavy (non-hydrogen) atoms. The van der Waals surface area contributed by atoms with E-state index in [2.05, 4.69) is 6.92 Å². The number of ether oxygens (including phenoxy) is 4. The second kappa shape index (κ2) is 29.8. The summed E-state index contributed by atoms with van der Waals surface area (Å²) in [5.41, 5.74) is 0. The highest BCUT2D eigenvalue weighted by Gasteiger charge is 1.96. The van der Waals surface area contributed by atoms with Gasteiger partial charge in [-0.1, -0.05) is 103 Å². The molecule has 0 aromatic rings. The predicted octanol–water partition coefficient (Wildman–Crippen LogP) is 6.31. The Morgan fingerprint density at radius 3 is 1.00 bits per heavy atom. The van der Waals surface area contributed by atoms with E-state index in [4.69, 9.17) is 24.1 Å². The van der Waals surface area contributed by atoms with Gasteiger partial charge in [-0.15, -0.1) is 0 Å². The molecule has 188 valence electrons. The van der Waals surface area contributed by atoms with Gasteiger partial charge in [-0.2, -0.15) is 0 Å². The quantitative estimate of drug-likeness (QED) is 0.143. The Bertz CT molecular complexity index is 274. The van der Waals surface area contributed by atoms with E-state index >= 15 is 0 Å². The van der Waals surface area contributed by atoms with Gasteiger partial charge in [0.05, 0.1) is 52.9 Å². The van der Waals surface area contributed by atoms with Gasteiger partial charge in [0.2, 0.25) is 0 Å². The third-order valence-electron chi connectivity index (χ3n) is 5.49. The highest BCUT2D eigenvalue weighted by atomic mass is 16.6. The van der Waals surface area contributed by atoms with Crippen LogP contribution >= 0.6 is 0 Å². The minimum absolute atomic E-state index is 0.0581. The topological polar surface area (TPSA) is 57.2 Å². The molecule has 0 radical (unpaired) electrons. The van der Waals surface area contributed by atoms with E-state index in [9.17, 15) is 0 Å². The van der Waals surface area contributed by atoms with Crippen molar-refractivity contribution in [2.45, 2.75) is 110 Å². The number of unbranched alkanes of at least 4 members (excludes halogenated alkanes) is 15. The number of rotatable bonds is 28. The van der Waals surface area contributed by atoms with Crippen LogP contribution in [0.1, 0.15) is 110 Å². The van der Waals surface area contributed by atoms with Gasteiger partial charge in [-0.3, -0.25) is 0 Å². The molecule has 0 amide bonds. The van der Waals surface area contributed by atoms with Crippen LogP contribution in [0.5, 0.6) is 0 Å². The third-order valence-corrected chi connectivity index (χ3v) is 5.49. The maximum atomic E-state index is 8.56. The van der Waals surface area contributed by atoms with Gasteiger partial charge in [0.1, 0.15) is 0 Å². The van der Waals surface area contributed by atoms with E-state index in [1.807, 2.05) is 0 Å². The van der Waals surface area contributed by atoms with E-state index in [-0.39, 0.29) is 6.61 Å². The summed E-state index contributed by atoms with van der Waals surface area (Å²) < 4.78 is 21.5. The van der Waals surface area contributed by atoms with Crippen LogP contribution in [-0.4, -0.2) is 64.6 Å². The average Bonchev–Trinajstić information content (AvgIpc) is 2.78. The minimum atomic E-state index is 0.0581. The van der Waals surface area contributed by atoms with E-state index < -0.39 is 0 Å². The van der Waals surface area contributed by atoms with Gasteiger partial charge in [0.25, 0.3) is 0 Å². The van der Waals surface area contributed by atoms with E-state index in [1.54, 1.807) is 0 Å². The lowest BCUT2D eigenvalue weighted by Gasteiger charge is -2.07. The van der Waals surface area contributed by atoms with E-state index in [0.717, 1.165) is 13.0 Å². The molecule has 0 atom stereocenters. The molecule has 0 bridgehead atoms. The van der Waals surface area contributed by atoms with E-state index in [1.165, 1.54) is 96.3 Å². The summed E-state index contributed by atoms with van der Waals surface area (Å²) in [5, 5.41) is 8.56. The van der Waals surface area contributed by atoms with Crippen molar-refractivity contribution in [1.29, 1.82) is 0 Å². The van der Waals surface area contributed by atoms with Crippen molar-refractivity contribution in [1.82, 2.24) is 0 Å². The Balaban J connectivity index is 2.98. The van der Waals surface area contributed by atoms with Gasteiger partial charge in [-0.05, 0) is 6.42 Å². The van der Waals surface area contributed by atoms with Crippen molar-refractivity contribution in [3.05, 3.63) is 0 Å². The zero-order valence-electron chi connectivity index (χ0n) is 20.8. The van der Waals surface area contributed by atoms with Gasteiger partial charge in [0, 0.05) is 6.61 Å². The molecule has 0 aliphatic carbocycles. The zero-order chi connectivity index (χ0) is 22.5. The van der Waals surface area contributed by atoms with Crippen LogP contribution in [0.4, 0.5) is 0 Å². The van der Waals surface area contributed by atoms with Crippen LogP contribution in [0.3, 0.4) is 0 Å². The second-order valence-electron chi connectivity index (χ2n) is 8.48. The molecular weight excluding hydrogens is 392 g/mol. The molecule has 0 aliphatic rings. The summed E-state index contributed by atoms with van der Waals surface area (Å²) in [6, 6.07) is 0. The SMILES string of the molecule is CCCCCCCCCCCCCCCCCCOCCOCCOCCOCCO. The summed E-state index contributed by atoms with van der Waals surface area (Å²) in [6.07, 6.45) is 22.3. The van der Waals surface area contributed by atoms with E-state index in [0.29, 0.717) is 46.2 Å². The zero-order valence-corrected chi connectivity index (χ0v) is 20.8. The maximum Gasteiger partial charge on any atom is 0.0701 e. The molecule has 0 heterocycles. The lowest BCUT2D eigenvalue weighted by Crippen LogP contribution is -2.12. The number of aliphatic hydroxyl groups excluding tert-OH is 1. The standard InChI is InChI=1S/C26H54O5/c1-2-3-4-5-6-7-8-9-10-11-12-13-14-15-16-17-19-28-21-23-30-25-26-31-24-22-29-20-18-27/h27H,2-26H2,1H3. The van der Waals surface area contributed by atoms with Gasteiger partial charge in [-0.25, -0.2) is 0 Å². The molecule has 0 unspecified atom stereocenters. The lowest BCUT2D eigenvalue weighted by molar-refractivity contribution is -0.00577. The highest BCUT2D eigenvalue weighted by molar-refractivity contribution is 4.50. The first-order chi connectivity index (χ1) is 15.4. The van der Waals surface area contributed by atoms with Crippen molar-refractivity contribution in [2.24, 2.45) is 0 Å². The van der Waals surface area contributed by atoms with Crippen LogP contribution in [-0.2, 0) is 18.9 Å². The molecule has 0 saturated carbocycles. The van der Waals surface area contributed by atoms with Crippen LogP contribution in [0.15, 0.2) is 0 Å². The Kier molecular flexibility index (Phi) is 29.6. The summed E-state index contributed by atoms with van der Waals surface area (Å²) in [5.74, 6) is 0. The van der Waals surface area contributed by atoms with Crippen molar-refractivity contribution in [3.8, 4) is 0 Å². The second-order valence-corrected chi connectivity index (χ2v) is 8.48. The average molecular weight is 447 g/mol. The number of hydrogen-bond donors (Lipinski definition) is 1. The Hall–Kier alpha value is -0.200. The number of aliphatic hydroxyl groups is 1. The molecule has 0 spiro atoms. The predicted molar refractivity (Wildman–Crippen MR) is 130 cm³/mol. The highest BCUT2D eigenvalue weighted by Crippen LogP contribution is 2.13. The van der Waals surface area contributed by atoms with Crippen LogP contribution in [0.25, 0.3) is 0 Å². The molecule has 0 saturated heterocycles. The molecule has 0 rings (SSSR count). The first-order valence-corrected chi connectivity index (χ1v) is 13.3. The summed E-state index contributed by atoms with van der Waals surface area (Å²) in [4.78, 5) is 0. The molecule has 0 aromatic heterocycles. The summed E-state index contributed by atoms with van der Waals surface area (Å²) >= 11 is 0. The maximum absolute atomic E-state index is 8.56. The monoisotopic (exact) mass is 446 g/mol. The van der Waals surface area contributed by atoms with Crippen LogP contribution < -0.4 is 0 Å². The molecule has 5 heteroatoms. The first-order valence-electron chi connectivity index (χ1n) is 13.3. The largest absolute Gasteiger partial charge is 0.394 e. The minimum Gasteiger partial charge on any atom is -0.394 e. The van der Waals surface area contributed by atoms with Gasteiger partial charge < -0.3 is 24.1 Å². The fourth-order valence-corrected chi connectivity index (χ4v) is 3.58. The molecular formula is C26H54O5. The van der Waals surface area contributed by atoms with Crippen molar-refractivity contribution in [2.75, 3.05) is 59.5 Å². The molecule has 0 aromatic carbocycles. The fourth-order valence-electron chi connectivity index (χ4n) is 3.58. The number of hydrogen-bond acceptors (Lipinski definition) is 5. The Labute approximate surface area is 193 Å². The molecule has 0 aliphatic heterocycles. The Morgan fingerprint density at radius 2 is 0.645 bits per heavy atom. The van der Waals surface area contributed by atoms with Crippen LogP contribution in [0.2, 0.25) is 0 Å². The smallest absolute Gasteiger partial charge is 0.0701 e. The normalized spacial score (nSPS) is 11.4. The van der Waals surface area contributed by atoms with Gasteiger partial charge in [0.15, 0.2) is 0 Å². The molecule has 1 N–H and O–H groups in total. The summed E-state index contributed by atoms with van der Waals surface area (Å²) in [7, 11) is 0. The van der Waals surface area contributed by atoms with Crippen molar-refractivity contribution in [3.63, 3.8) is 0 Å². The molecule has 0 fully saturated rings. The fraction of sp³-hybridized carbons (Fsp3) is 1.00. The first kappa shape index (κ1) is 30.8. The van der Waals surface area contributed by atoms with Crippen molar-refractivity contribution < 1.29 is 24.1 Å². The Morgan fingerprint density at radius 1 is 0.355 bits per heavy atom. The summed E-state index contributed by atoms with van der Waals surface area (Å²) in [6.45, 7) is 7.07. The third kappa shape index (κ3) is 29.8. The van der Waals surface area contributed by atoms with Crippen molar-refractivity contribution >= 4 is 0 Å². The molecule has 5 nitrogen and oxygen atoms in total. The lowest BCUT2D eigenvalue weighted by atomic mass is 10.0. The van der Waals surface area contributed by atoms with Crippen LogP contribution in [0, 0.1) is 0 Å².